The van der Waals surface area contributed by atoms with Crippen molar-refractivity contribution >= 4 is 11.8 Å². The van der Waals surface area contributed by atoms with E-state index in [-0.39, 0.29) is 18.3 Å². The van der Waals surface area contributed by atoms with E-state index in [1.54, 1.807) is 6.92 Å². The lowest BCUT2D eigenvalue weighted by molar-refractivity contribution is -0.151. The molecule has 4 nitrogen and oxygen atoms in total. The molecule has 0 spiro atoms. The van der Waals surface area contributed by atoms with Gasteiger partial charge in [-0.1, -0.05) is 65.2 Å². The van der Waals surface area contributed by atoms with Gasteiger partial charge in [-0.05, 0) is 6.42 Å². The summed E-state index contributed by atoms with van der Waals surface area (Å²) in [5, 5.41) is 0. The van der Waals surface area contributed by atoms with Crippen LogP contribution in [0, 0.1) is 0 Å². The summed E-state index contributed by atoms with van der Waals surface area (Å²) in [6.45, 7) is 4.08. The zero-order chi connectivity index (χ0) is 15.1. The van der Waals surface area contributed by atoms with Crippen LogP contribution in [0.5, 0.6) is 0 Å². The molecule has 0 rings (SSSR count). The molecule has 0 saturated carbocycles. The van der Waals surface area contributed by atoms with Crippen LogP contribution in [-0.4, -0.2) is 18.3 Å². The van der Waals surface area contributed by atoms with E-state index in [1.165, 1.54) is 44.9 Å². The van der Waals surface area contributed by atoms with Gasteiger partial charge in [0.05, 0.1) is 6.54 Å². The maximum absolute atomic E-state index is 11.5. The normalized spacial score (nSPS) is 10.5. The maximum Gasteiger partial charge on any atom is 0.324 e. The number of unbranched alkanes of at least 4 members (excludes halogenated alkanes) is 8. The number of carbonyl (C=O) groups excluding carboxylic acids is 2. The van der Waals surface area contributed by atoms with Gasteiger partial charge in [-0.2, -0.15) is 0 Å². The van der Waals surface area contributed by atoms with E-state index in [1.807, 2.05) is 0 Å². The number of hydroxylamine groups is 1. The summed E-state index contributed by atoms with van der Waals surface area (Å²) in [4.78, 5) is 26.9. The molecule has 0 fully saturated rings. The van der Waals surface area contributed by atoms with Gasteiger partial charge in [0.25, 0.3) is 0 Å². The SMILES string of the molecule is CCCCCCCCCCCC(=O)CNOC(=O)CC. The molecule has 0 heterocycles. The minimum absolute atomic E-state index is 0.108. The first-order chi connectivity index (χ1) is 9.70. The van der Waals surface area contributed by atoms with Crippen molar-refractivity contribution in [1.82, 2.24) is 5.48 Å². The number of hydrogen-bond acceptors (Lipinski definition) is 4. The fourth-order valence-electron chi connectivity index (χ4n) is 1.99. The first-order valence-corrected chi connectivity index (χ1v) is 8.14. The summed E-state index contributed by atoms with van der Waals surface area (Å²) in [6, 6.07) is 0. The van der Waals surface area contributed by atoms with Crippen molar-refractivity contribution in [3.05, 3.63) is 0 Å². The maximum atomic E-state index is 11.5. The molecule has 0 atom stereocenters. The quantitative estimate of drug-likeness (QED) is 0.388. The first kappa shape index (κ1) is 19.1. The monoisotopic (exact) mass is 285 g/mol. The van der Waals surface area contributed by atoms with Crippen LogP contribution < -0.4 is 5.48 Å². The Bertz CT molecular complexity index is 254. The Hall–Kier alpha value is -0.900. The standard InChI is InChI=1S/C16H31NO3/c1-3-5-6-7-8-9-10-11-12-13-15(18)14-17-20-16(19)4-2/h17H,3-14H2,1-2H3. The number of Topliss-reactive ketones (excluding diaryl/α,β-unsaturated/α-hetero) is 1. The largest absolute Gasteiger partial charge is 0.370 e. The second kappa shape index (κ2) is 14.5. The molecule has 0 unspecified atom stereocenters. The minimum Gasteiger partial charge on any atom is -0.370 e. The molecule has 0 amide bonds. The summed E-state index contributed by atoms with van der Waals surface area (Å²) in [5.74, 6) is -0.224. The molecule has 0 aliphatic carbocycles. The molecule has 0 aromatic heterocycles. The smallest absolute Gasteiger partial charge is 0.324 e. The predicted octanol–water partition coefficient (Wildman–Crippen LogP) is 3.93. The Morgan fingerprint density at radius 1 is 0.850 bits per heavy atom. The average Bonchev–Trinajstić information content (AvgIpc) is 2.45. The van der Waals surface area contributed by atoms with E-state index in [4.69, 9.17) is 0 Å². The van der Waals surface area contributed by atoms with E-state index < -0.39 is 0 Å². The fourth-order valence-corrected chi connectivity index (χ4v) is 1.99. The Morgan fingerprint density at radius 2 is 1.40 bits per heavy atom. The third kappa shape index (κ3) is 13.5. The Labute approximate surface area is 123 Å². The molecule has 0 saturated heterocycles. The van der Waals surface area contributed by atoms with Crippen molar-refractivity contribution in [1.29, 1.82) is 0 Å². The van der Waals surface area contributed by atoms with Gasteiger partial charge >= 0.3 is 5.97 Å². The van der Waals surface area contributed by atoms with Crippen LogP contribution in [0.2, 0.25) is 0 Å². The Morgan fingerprint density at radius 3 is 1.95 bits per heavy atom. The van der Waals surface area contributed by atoms with Crippen LogP contribution in [0.15, 0.2) is 0 Å². The molecule has 4 heteroatoms. The fraction of sp³-hybridized carbons (Fsp3) is 0.875. The number of nitrogens with one attached hydrogen (secondary N) is 1. The molecule has 118 valence electrons. The number of carbonyl (C=O) groups is 2. The van der Waals surface area contributed by atoms with Gasteiger partial charge in [-0.3, -0.25) is 9.59 Å². The van der Waals surface area contributed by atoms with E-state index in [2.05, 4.69) is 17.2 Å². The second-order valence-electron chi connectivity index (χ2n) is 5.27. The molecule has 0 aromatic rings. The van der Waals surface area contributed by atoms with Crippen molar-refractivity contribution < 1.29 is 14.4 Å². The zero-order valence-corrected chi connectivity index (χ0v) is 13.2. The van der Waals surface area contributed by atoms with Crippen LogP contribution in [-0.2, 0) is 14.4 Å². The van der Waals surface area contributed by atoms with Crippen molar-refractivity contribution in [2.45, 2.75) is 84.5 Å². The lowest BCUT2D eigenvalue weighted by atomic mass is 10.1. The first-order valence-electron chi connectivity index (χ1n) is 8.14. The molecular weight excluding hydrogens is 254 g/mol. The Balaban J connectivity index is 3.21. The summed E-state index contributed by atoms with van der Waals surface area (Å²) >= 11 is 0. The summed E-state index contributed by atoms with van der Waals surface area (Å²) in [7, 11) is 0. The van der Waals surface area contributed by atoms with E-state index >= 15 is 0 Å². The minimum atomic E-state index is -0.333. The molecule has 0 aliphatic heterocycles. The molecule has 1 N–H and O–H groups in total. The van der Waals surface area contributed by atoms with Gasteiger partial charge in [0.1, 0.15) is 5.78 Å². The van der Waals surface area contributed by atoms with E-state index in [0.717, 1.165) is 12.8 Å². The van der Waals surface area contributed by atoms with Gasteiger partial charge in [0.2, 0.25) is 0 Å². The molecule has 0 bridgehead atoms. The number of hydrogen-bond donors (Lipinski definition) is 1. The third-order valence-electron chi connectivity index (χ3n) is 3.30. The highest BCUT2D eigenvalue weighted by Gasteiger charge is 2.03. The summed E-state index contributed by atoms with van der Waals surface area (Å²) < 4.78 is 0. The average molecular weight is 285 g/mol. The third-order valence-corrected chi connectivity index (χ3v) is 3.30. The number of rotatable bonds is 14. The van der Waals surface area contributed by atoms with Crippen LogP contribution >= 0.6 is 0 Å². The van der Waals surface area contributed by atoms with Crippen molar-refractivity contribution in [3.8, 4) is 0 Å². The lowest BCUT2D eigenvalue weighted by Gasteiger charge is -2.04. The molecule has 20 heavy (non-hydrogen) atoms. The molecule has 0 radical (unpaired) electrons. The van der Waals surface area contributed by atoms with Gasteiger partial charge in [-0.15, -0.1) is 5.48 Å². The van der Waals surface area contributed by atoms with E-state index in [0.29, 0.717) is 12.8 Å². The van der Waals surface area contributed by atoms with Gasteiger partial charge in [0.15, 0.2) is 0 Å². The highest BCUT2D eigenvalue weighted by Crippen LogP contribution is 2.10. The van der Waals surface area contributed by atoms with Gasteiger partial charge < -0.3 is 4.84 Å². The molecule has 0 aromatic carbocycles. The highest BCUT2D eigenvalue weighted by molar-refractivity contribution is 5.80. The predicted molar refractivity (Wildman–Crippen MR) is 81.2 cm³/mol. The van der Waals surface area contributed by atoms with Crippen LogP contribution in [0.4, 0.5) is 0 Å². The zero-order valence-electron chi connectivity index (χ0n) is 13.2. The molecular formula is C16H31NO3. The molecule has 0 aliphatic rings. The summed E-state index contributed by atoms with van der Waals surface area (Å²) in [6.07, 6.45) is 12.1. The van der Waals surface area contributed by atoms with Gasteiger partial charge in [0, 0.05) is 12.8 Å². The van der Waals surface area contributed by atoms with Crippen LogP contribution in [0.25, 0.3) is 0 Å². The van der Waals surface area contributed by atoms with Crippen molar-refractivity contribution in [2.75, 3.05) is 6.54 Å². The van der Waals surface area contributed by atoms with Crippen LogP contribution in [0.3, 0.4) is 0 Å². The van der Waals surface area contributed by atoms with Crippen LogP contribution in [0.1, 0.15) is 84.5 Å². The summed E-state index contributed by atoms with van der Waals surface area (Å²) in [5.41, 5.74) is 2.42. The lowest BCUT2D eigenvalue weighted by Crippen LogP contribution is -2.25. The Kier molecular flexibility index (Phi) is 13.9. The van der Waals surface area contributed by atoms with E-state index in [9.17, 15) is 9.59 Å². The van der Waals surface area contributed by atoms with Crippen molar-refractivity contribution in [3.63, 3.8) is 0 Å². The van der Waals surface area contributed by atoms with Crippen molar-refractivity contribution in [2.24, 2.45) is 0 Å². The number of ketones is 1. The second-order valence-corrected chi connectivity index (χ2v) is 5.27. The highest BCUT2D eigenvalue weighted by atomic mass is 16.7. The van der Waals surface area contributed by atoms with Gasteiger partial charge in [-0.25, -0.2) is 0 Å². The topological polar surface area (TPSA) is 55.4 Å².